The lowest BCUT2D eigenvalue weighted by Gasteiger charge is -2.23. The van der Waals surface area contributed by atoms with Gasteiger partial charge in [-0.2, -0.15) is 0 Å². The van der Waals surface area contributed by atoms with Crippen LogP contribution in [0.1, 0.15) is 31.0 Å². The van der Waals surface area contributed by atoms with Crippen molar-refractivity contribution in [3.8, 4) is 0 Å². The highest BCUT2D eigenvalue weighted by Gasteiger charge is 2.33. The monoisotopic (exact) mass is 400 g/mol. The minimum absolute atomic E-state index is 0.127. The van der Waals surface area contributed by atoms with Crippen LogP contribution in [0.15, 0.2) is 42.9 Å². The minimum Gasteiger partial charge on any atom is -0.480 e. The lowest BCUT2D eigenvalue weighted by Crippen LogP contribution is -2.44. The Morgan fingerprint density at radius 2 is 2.14 bits per heavy atom. The molecule has 0 saturated carbocycles. The molecule has 0 radical (unpaired) electrons. The molecule has 3 rings (SSSR count). The largest absolute Gasteiger partial charge is 0.480 e. The number of carbonyl (C=O) groups excluding carboxylic acids is 1. The van der Waals surface area contributed by atoms with Crippen LogP contribution >= 0.6 is 0 Å². The highest BCUT2D eigenvalue weighted by atomic mass is 16.5. The average molecular weight is 400 g/mol. The summed E-state index contributed by atoms with van der Waals surface area (Å²) >= 11 is 0. The summed E-state index contributed by atoms with van der Waals surface area (Å²) in [5.41, 5.74) is 1.69. The maximum Gasteiger partial charge on any atom is 0.407 e. The molecule has 2 unspecified atom stereocenters. The van der Waals surface area contributed by atoms with Gasteiger partial charge < -0.3 is 19.7 Å². The number of hydrogen-bond donors (Lipinski definition) is 2. The van der Waals surface area contributed by atoms with Crippen LogP contribution in [0, 0.1) is 0 Å². The molecule has 0 bridgehead atoms. The maximum absolute atomic E-state index is 12.1. The summed E-state index contributed by atoms with van der Waals surface area (Å²) in [7, 11) is 0. The van der Waals surface area contributed by atoms with Crippen LogP contribution in [0.4, 0.5) is 4.79 Å². The zero-order valence-corrected chi connectivity index (χ0v) is 16.7. The molecule has 1 amide bonds. The lowest BCUT2D eigenvalue weighted by atomic mass is 10.1. The fraction of sp³-hybridized carbons (Fsp3) is 0.476. The first-order chi connectivity index (χ1) is 14.0. The number of imidazole rings is 1. The Bertz CT molecular complexity index is 808. The minimum atomic E-state index is -0.873. The van der Waals surface area contributed by atoms with E-state index in [4.69, 9.17) is 4.74 Å². The number of likely N-dealkylation sites (tertiary alicyclic amines) is 1. The van der Waals surface area contributed by atoms with Crippen LogP contribution in [0.5, 0.6) is 0 Å². The van der Waals surface area contributed by atoms with E-state index >= 15 is 0 Å². The summed E-state index contributed by atoms with van der Waals surface area (Å²) in [6.45, 7) is 4.25. The molecule has 2 heterocycles. The summed E-state index contributed by atoms with van der Waals surface area (Å²) in [6, 6.07) is 8.69. The van der Waals surface area contributed by atoms with Crippen LogP contribution in [0.25, 0.3) is 0 Å². The van der Waals surface area contributed by atoms with Crippen molar-refractivity contribution in [1.29, 1.82) is 0 Å². The van der Waals surface area contributed by atoms with Crippen LogP contribution in [-0.4, -0.2) is 56.8 Å². The number of alkyl carbamates (subject to hydrolysis) is 1. The molecule has 8 nitrogen and oxygen atoms in total. The molecule has 1 aromatic heterocycles. The van der Waals surface area contributed by atoms with Crippen molar-refractivity contribution in [3.05, 3.63) is 54.1 Å². The molecule has 0 aliphatic carbocycles. The van der Waals surface area contributed by atoms with Gasteiger partial charge in [-0.05, 0) is 18.4 Å². The summed E-state index contributed by atoms with van der Waals surface area (Å²) in [4.78, 5) is 30.1. The van der Waals surface area contributed by atoms with Gasteiger partial charge in [0.15, 0.2) is 0 Å². The average Bonchev–Trinajstić information content (AvgIpc) is 3.35. The van der Waals surface area contributed by atoms with Crippen molar-refractivity contribution in [2.75, 3.05) is 13.1 Å². The van der Waals surface area contributed by atoms with Gasteiger partial charge in [0.05, 0.1) is 12.0 Å². The first kappa shape index (κ1) is 20.9. The number of aryl methyl sites for hydroxylation is 1. The van der Waals surface area contributed by atoms with Gasteiger partial charge in [0.25, 0.3) is 0 Å². The number of nitrogens with zero attached hydrogens (tertiary/aromatic N) is 3. The molecule has 1 aliphatic rings. The Morgan fingerprint density at radius 3 is 2.86 bits per heavy atom. The van der Waals surface area contributed by atoms with Gasteiger partial charge >= 0.3 is 12.1 Å². The van der Waals surface area contributed by atoms with Gasteiger partial charge in [0, 0.05) is 38.3 Å². The van der Waals surface area contributed by atoms with Crippen molar-refractivity contribution < 1.29 is 19.4 Å². The second kappa shape index (κ2) is 10.1. The number of aromatic nitrogens is 2. The van der Waals surface area contributed by atoms with Gasteiger partial charge in [0.2, 0.25) is 0 Å². The van der Waals surface area contributed by atoms with Crippen LogP contribution < -0.4 is 5.32 Å². The van der Waals surface area contributed by atoms with E-state index in [-0.39, 0.29) is 12.6 Å². The van der Waals surface area contributed by atoms with E-state index in [1.807, 2.05) is 46.0 Å². The Hall–Kier alpha value is -2.87. The smallest absolute Gasteiger partial charge is 0.407 e. The summed E-state index contributed by atoms with van der Waals surface area (Å²) in [5.74, 6) is -0.873. The lowest BCUT2D eigenvalue weighted by molar-refractivity contribution is -0.142. The fourth-order valence-electron chi connectivity index (χ4n) is 3.58. The maximum atomic E-state index is 12.1. The first-order valence-electron chi connectivity index (χ1n) is 10.00. The number of nitrogens with one attached hydrogen (secondary N) is 1. The molecule has 8 heteroatoms. The van der Waals surface area contributed by atoms with E-state index < -0.39 is 18.1 Å². The van der Waals surface area contributed by atoms with Crippen LogP contribution in [-0.2, 0) is 29.1 Å². The summed E-state index contributed by atoms with van der Waals surface area (Å²) in [6.07, 6.45) is 5.20. The van der Waals surface area contributed by atoms with Gasteiger partial charge in [-0.3, -0.25) is 9.69 Å². The summed E-state index contributed by atoms with van der Waals surface area (Å²) in [5, 5.41) is 12.5. The second-order valence-corrected chi connectivity index (χ2v) is 7.35. The van der Waals surface area contributed by atoms with Crippen molar-refractivity contribution in [2.24, 2.45) is 0 Å². The SMILES string of the molecule is CCCn1cnc(CC(C(=O)O)N2CCC(NC(=O)OCc3ccccc3)C2)c1. The predicted octanol–water partition coefficient (Wildman–Crippen LogP) is 2.29. The number of carboxylic acid groups (broad SMARTS) is 1. The zero-order chi connectivity index (χ0) is 20.6. The Labute approximate surface area is 170 Å². The van der Waals surface area contributed by atoms with E-state index in [1.54, 1.807) is 6.33 Å². The molecule has 2 atom stereocenters. The van der Waals surface area contributed by atoms with Gasteiger partial charge in [0.1, 0.15) is 12.6 Å². The van der Waals surface area contributed by atoms with E-state index in [1.165, 1.54) is 0 Å². The standard InChI is InChI=1S/C21H28N4O4/c1-2-9-24-12-18(22-15-24)11-19(20(26)27)25-10-8-17(13-25)23-21(28)29-14-16-6-4-3-5-7-16/h3-7,12,15,17,19H,2,8-11,13-14H2,1H3,(H,23,28)(H,26,27). The number of carbonyl (C=O) groups is 2. The normalized spacial score (nSPS) is 17.8. The van der Waals surface area contributed by atoms with E-state index in [0.29, 0.717) is 25.9 Å². The van der Waals surface area contributed by atoms with E-state index in [0.717, 1.165) is 24.2 Å². The highest BCUT2D eigenvalue weighted by Crippen LogP contribution is 2.17. The van der Waals surface area contributed by atoms with Gasteiger partial charge in [-0.15, -0.1) is 0 Å². The molecule has 0 spiro atoms. The number of aliphatic carboxylic acids is 1. The molecular weight excluding hydrogens is 372 g/mol. The predicted molar refractivity (Wildman–Crippen MR) is 107 cm³/mol. The Kier molecular flexibility index (Phi) is 7.24. The van der Waals surface area contributed by atoms with Crippen molar-refractivity contribution >= 4 is 12.1 Å². The zero-order valence-electron chi connectivity index (χ0n) is 16.7. The van der Waals surface area contributed by atoms with E-state index in [9.17, 15) is 14.7 Å². The molecule has 2 N–H and O–H groups in total. The molecule has 156 valence electrons. The first-order valence-corrected chi connectivity index (χ1v) is 10.00. The number of ether oxygens (including phenoxy) is 1. The van der Waals surface area contributed by atoms with Crippen LogP contribution in [0.3, 0.4) is 0 Å². The topological polar surface area (TPSA) is 96.7 Å². The van der Waals surface area contributed by atoms with Crippen LogP contribution in [0.2, 0.25) is 0 Å². The van der Waals surface area contributed by atoms with Crippen molar-refractivity contribution in [3.63, 3.8) is 0 Å². The summed E-state index contributed by atoms with van der Waals surface area (Å²) < 4.78 is 7.23. The fourth-order valence-corrected chi connectivity index (χ4v) is 3.58. The van der Waals surface area contributed by atoms with Crippen molar-refractivity contribution in [2.45, 2.75) is 51.4 Å². The van der Waals surface area contributed by atoms with Crippen molar-refractivity contribution in [1.82, 2.24) is 19.8 Å². The molecule has 2 aromatic rings. The van der Waals surface area contributed by atoms with E-state index in [2.05, 4.69) is 17.2 Å². The quantitative estimate of drug-likeness (QED) is 0.670. The number of hydrogen-bond acceptors (Lipinski definition) is 5. The number of carboxylic acids is 1. The molecule has 1 aliphatic heterocycles. The second-order valence-electron chi connectivity index (χ2n) is 7.35. The molecule has 29 heavy (non-hydrogen) atoms. The molecule has 1 fully saturated rings. The van der Waals surface area contributed by atoms with Gasteiger partial charge in [-0.1, -0.05) is 37.3 Å². The van der Waals surface area contributed by atoms with Gasteiger partial charge in [-0.25, -0.2) is 9.78 Å². The number of rotatable bonds is 9. The Balaban J connectivity index is 1.49. The number of amides is 1. The third-order valence-electron chi connectivity index (χ3n) is 5.05. The third-order valence-corrected chi connectivity index (χ3v) is 5.05. The molecular formula is C21H28N4O4. The molecule has 1 aromatic carbocycles. The molecule has 1 saturated heterocycles. The highest BCUT2D eigenvalue weighted by molar-refractivity contribution is 5.74. The third kappa shape index (κ3) is 6.05. The number of benzene rings is 1. The Morgan fingerprint density at radius 1 is 1.34 bits per heavy atom.